The highest BCUT2D eigenvalue weighted by Crippen LogP contribution is 2.37. The second-order valence-electron chi connectivity index (χ2n) is 10.7. The number of rotatable bonds is 10. The lowest BCUT2D eigenvalue weighted by Crippen LogP contribution is -2.40. The Balaban J connectivity index is 1.65. The fourth-order valence-corrected chi connectivity index (χ4v) is 7.00. The first-order chi connectivity index (χ1) is 22.4. The van der Waals surface area contributed by atoms with Gasteiger partial charge in [0.2, 0.25) is 0 Å². The molecule has 0 fully saturated rings. The number of thiazole rings is 1. The average Bonchev–Trinajstić information content (AvgIpc) is 3.31. The van der Waals surface area contributed by atoms with Gasteiger partial charge in [0.05, 0.1) is 56.7 Å². The van der Waals surface area contributed by atoms with E-state index < -0.39 is 12.0 Å². The highest BCUT2D eigenvalue weighted by molar-refractivity contribution is 7.07. The summed E-state index contributed by atoms with van der Waals surface area (Å²) in [7, 11) is 1.53. The molecule has 0 aliphatic carbocycles. The molecule has 8 nitrogen and oxygen atoms in total. The number of carbonyl (C=O) groups is 1. The van der Waals surface area contributed by atoms with Crippen molar-refractivity contribution in [1.82, 2.24) is 4.57 Å². The normalized spacial score (nSPS) is 14.6. The molecule has 5 rings (SSSR count). The molecule has 47 heavy (non-hydrogen) atoms. The smallest absolute Gasteiger partial charge is 0.338 e. The maximum atomic E-state index is 14.2. The van der Waals surface area contributed by atoms with E-state index in [0.29, 0.717) is 58.5 Å². The molecular formula is C34H30Cl4N2O6S. The molecule has 1 aliphatic rings. The minimum absolute atomic E-state index is 0.0949. The van der Waals surface area contributed by atoms with E-state index in [1.807, 2.05) is 13.8 Å². The molecule has 0 bridgehead atoms. The van der Waals surface area contributed by atoms with Gasteiger partial charge in [-0.15, -0.1) is 0 Å². The van der Waals surface area contributed by atoms with E-state index in [0.717, 1.165) is 16.9 Å². The molecule has 0 N–H and O–H groups in total. The third-order valence-corrected chi connectivity index (χ3v) is 9.29. The standard InChI is InChI=1S/C34H30Cl4N2O6S/c1-6-44-33(42)29-18(4)39-34-40(30(29)20-8-10-26(46-17(2)3)27(13-20)43-5)32(41)28(47-34)14-21-12-22(35)15-25(38)31(21)45-16-19-7-9-23(36)24(37)11-19/h7-15,17,30H,6,16H2,1-5H3/b28-14+/t30-/m0/s1. The Hall–Kier alpha value is -3.47. The number of aromatic nitrogens is 1. The summed E-state index contributed by atoms with van der Waals surface area (Å²) in [6, 6.07) is 12.8. The maximum Gasteiger partial charge on any atom is 0.338 e. The average molecular weight is 737 g/mol. The van der Waals surface area contributed by atoms with Crippen LogP contribution >= 0.6 is 57.7 Å². The van der Waals surface area contributed by atoms with Gasteiger partial charge in [-0.25, -0.2) is 9.79 Å². The Labute approximate surface area is 295 Å². The molecule has 1 aliphatic heterocycles. The second-order valence-corrected chi connectivity index (χ2v) is 13.4. The van der Waals surface area contributed by atoms with Crippen molar-refractivity contribution in [2.24, 2.45) is 4.99 Å². The van der Waals surface area contributed by atoms with E-state index in [4.69, 9.17) is 65.4 Å². The number of esters is 1. The van der Waals surface area contributed by atoms with E-state index in [2.05, 4.69) is 4.99 Å². The van der Waals surface area contributed by atoms with Gasteiger partial charge >= 0.3 is 5.97 Å². The third-order valence-electron chi connectivity index (χ3n) is 7.07. The predicted octanol–water partition coefficient (Wildman–Crippen LogP) is 7.79. The van der Waals surface area contributed by atoms with Crippen molar-refractivity contribution in [3.63, 3.8) is 0 Å². The summed E-state index contributed by atoms with van der Waals surface area (Å²) in [5.74, 6) is 0.726. The Kier molecular flexibility index (Phi) is 10.9. The van der Waals surface area contributed by atoms with Crippen LogP contribution in [0.1, 0.15) is 50.4 Å². The number of fused-ring (bicyclic) bond motifs is 1. The first kappa shape index (κ1) is 34.9. The highest BCUT2D eigenvalue weighted by atomic mass is 35.5. The molecule has 0 saturated heterocycles. The molecule has 3 aromatic carbocycles. The first-order valence-electron chi connectivity index (χ1n) is 14.5. The van der Waals surface area contributed by atoms with Crippen LogP contribution in [0, 0.1) is 0 Å². The molecule has 246 valence electrons. The van der Waals surface area contributed by atoms with E-state index in [1.165, 1.54) is 11.7 Å². The van der Waals surface area contributed by atoms with Gasteiger partial charge in [0.1, 0.15) is 12.4 Å². The van der Waals surface area contributed by atoms with Crippen LogP contribution in [0.4, 0.5) is 0 Å². The Bertz CT molecular complexity index is 2070. The summed E-state index contributed by atoms with van der Waals surface area (Å²) in [6.45, 7) is 7.53. The Morgan fingerprint density at radius 1 is 1.02 bits per heavy atom. The van der Waals surface area contributed by atoms with Crippen molar-refractivity contribution in [1.29, 1.82) is 0 Å². The van der Waals surface area contributed by atoms with Gasteiger partial charge in [-0.3, -0.25) is 9.36 Å². The molecule has 2 heterocycles. The van der Waals surface area contributed by atoms with E-state index in [-0.39, 0.29) is 35.5 Å². The van der Waals surface area contributed by atoms with E-state index in [9.17, 15) is 9.59 Å². The lowest BCUT2D eigenvalue weighted by Gasteiger charge is -2.25. The zero-order chi connectivity index (χ0) is 34.0. The first-order valence-corrected chi connectivity index (χ1v) is 16.8. The largest absolute Gasteiger partial charge is 0.493 e. The summed E-state index contributed by atoms with van der Waals surface area (Å²) in [5.41, 5.74) is 2.13. The monoisotopic (exact) mass is 734 g/mol. The van der Waals surface area contributed by atoms with E-state index in [1.54, 1.807) is 68.5 Å². The molecular weight excluding hydrogens is 706 g/mol. The maximum absolute atomic E-state index is 14.2. The van der Waals surface area contributed by atoms with Crippen molar-refractivity contribution < 1.29 is 23.7 Å². The second kappa shape index (κ2) is 14.7. The number of nitrogens with zero attached hydrogens (tertiary/aromatic N) is 2. The SMILES string of the molecule is CCOC(=O)C1=C(C)N=c2s/c(=C/c3cc(Cl)cc(Cl)c3OCc3ccc(Cl)c(Cl)c3)c(=O)n2[C@H]1c1ccc(OC(C)C)c(OC)c1. The summed E-state index contributed by atoms with van der Waals surface area (Å²) in [4.78, 5) is 32.6. The van der Waals surface area contributed by atoms with Crippen molar-refractivity contribution in [3.8, 4) is 17.2 Å². The summed E-state index contributed by atoms with van der Waals surface area (Å²) in [6.07, 6.45) is 1.55. The molecule has 1 atom stereocenters. The van der Waals surface area contributed by atoms with Gasteiger partial charge in [0, 0.05) is 10.6 Å². The van der Waals surface area contributed by atoms with Crippen LogP contribution in [-0.4, -0.2) is 30.4 Å². The van der Waals surface area contributed by atoms with Crippen LogP contribution in [0.3, 0.4) is 0 Å². The van der Waals surface area contributed by atoms with Gasteiger partial charge in [-0.05, 0) is 81.3 Å². The van der Waals surface area contributed by atoms with Crippen LogP contribution in [0.5, 0.6) is 17.2 Å². The minimum Gasteiger partial charge on any atom is -0.493 e. The third kappa shape index (κ3) is 7.50. The van der Waals surface area contributed by atoms with Crippen molar-refractivity contribution in [2.75, 3.05) is 13.7 Å². The zero-order valence-electron chi connectivity index (χ0n) is 26.0. The van der Waals surface area contributed by atoms with Crippen LogP contribution in [-0.2, 0) is 16.1 Å². The van der Waals surface area contributed by atoms with E-state index >= 15 is 0 Å². The van der Waals surface area contributed by atoms with Crippen LogP contribution in [0.15, 0.2) is 69.6 Å². The Morgan fingerprint density at radius 3 is 2.47 bits per heavy atom. The van der Waals surface area contributed by atoms with Crippen LogP contribution < -0.4 is 29.1 Å². The number of hydrogen-bond acceptors (Lipinski definition) is 8. The number of carbonyl (C=O) groups excluding carboxylic acids is 1. The lowest BCUT2D eigenvalue weighted by atomic mass is 9.95. The topological polar surface area (TPSA) is 88.4 Å². The van der Waals surface area contributed by atoms with Crippen molar-refractivity contribution in [2.45, 2.75) is 46.4 Å². The fraction of sp³-hybridized carbons (Fsp3) is 0.265. The van der Waals surface area contributed by atoms with Crippen molar-refractivity contribution in [3.05, 3.63) is 116 Å². The molecule has 4 aromatic rings. The van der Waals surface area contributed by atoms with Crippen molar-refractivity contribution >= 4 is 69.8 Å². The number of ether oxygens (including phenoxy) is 4. The lowest BCUT2D eigenvalue weighted by molar-refractivity contribution is -0.139. The number of halogens is 4. The predicted molar refractivity (Wildman–Crippen MR) is 186 cm³/mol. The van der Waals surface area contributed by atoms with Gasteiger partial charge in [-0.2, -0.15) is 0 Å². The minimum atomic E-state index is -0.859. The molecule has 0 unspecified atom stereocenters. The molecule has 0 spiro atoms. The summed E-state index contributed by atoms with van der Waals surface area (Å²) in [5, 5.41) is 1.42. The molecule has 13 heteroatoms. The summed E-state index contributed by atoms with van der Waals surface area (Å²) < 4.78 is 24.9. The number of benzene rings is 3. The summed E-state index contributed by atoms with van der Waals surface area (Å²) >= 11 is 26.4. The number of hydrogen-bond donors (Lipinski definition) is 0. The van der Waals surface area contributed by atoms with Crippen LogP contribution in [0.2, 0.25) is 20.1 Å². The highest BCUT2D eigenvalue weighted by Gasteiger charge is 2.34. The Morgan fingerprint density at radius 2 is 1.79 bits per heavy atom. The molecule has 0 radical (unpaired) electrons. The molecule has 1 aromatic heterocycles. The van der Waals surface area contributed by atoms with Gasteiger partial charge in [0.15, 0.2) is 16.3 Å². The van der Waals surface area contributed by atoms with Crippen LogP contribution in [0.25, 0.3) is 6.08 Å². The van der Waals surface area contributed by atoms with Gasteiger partial charge < -0.3 is 18.9 Å². The number of methoxy groups -OCH3 is 1. The van der Waals surface area contributed by atoms with Gasteiger partial charge in [0.25, 0.3) is 5.56 Å². The molecule has 0 amide bonds. The number of allylic oxidation sites excluding steroid dienone is 1. The van der Waals surface area contributed by atoms with Gasteiger partial charge in [-0.1, -0.05) is 69.9 Å². The fourth-order valence-electron chi connectivity index (χ4n) is 5.08. The molecule has 0 saturated carbocycles. The quantitative estimate of drug-likeness (QED) is 0.155. The zero-order valence-corrected chi connectivity index (χ0v) is 29.9.